The fraction of sp³-hybridized carbons (Fsp3) is 0.143. The highest BCUT2D eigenvalue weighted by atomic mass is 19.4. The number of nitrogen functional groups attached to an aromatic ring is 1. The Morgan fingerprint density at radius 1 is 1.10 bits per heavy atom. The van der Waals surface area contributed by atoms with E-state index in [0.717, 1.165) is 6.07 Å². The van der Waals surface area contributed by atoms with Crippen LogP contribution in [-0.4, -0.2) is 7.11 Å². The van der Waals surface area contributed by atoms with Gasteiger partial charge in [0.25, 0.3) is 0 Å². The second kappa shape index (κ2) is 5.51. The number of hydrogen-bond donors (Lipinski definition) is 2. The lowest BCUT2D eigenvalue weighted by Gasteiger charge is -2.13. The van der Waals surface area contributed by atoms with E-state index in [2.05, 4.69) is 5.32 Å². The van der Waals surface area contributed by atoms with E-state index in [9.17, 15) is 17.6 Å². The van der Waals surface area contributed by atoms with Crippen LogP contribution in [-0.2, 0) is 6.18 Å². The van der Waals surface area contributed by atoms with Crippen LogP contribution in [0.5, 0.6) is 5.75 Å². The van der Waals surface area contributed by atoms with Gasteiger partial charge in [-0.25, -0.2) is 4.39 Å². The number of methoxy groups -OCH3 is 1. The van der Waals surface area contributed by atoms with Gasteiger partial charge < -0.3 is 15.8 Å². The van der Waals surface area contributed by atoms with Crippen LogP contribution in [0.25, 0.3) is 0 Å². The number of hydrogen-bond acceptors (Lipinski definition) is 3. The van der Waals surface area contributed by atoms with E-state index in [-0.39, 0.29) is 5.69 Å². The van der Waals surface area contributed by atoms with Crippen molar-refractivity contribution in [1.29, 1.82) is 0 Å². The van der Waals surface area contributed by atoms with Crippen molar-refractivity contribution in [1.82, 2.24) is 0 Å². The largest absolute Gasteiger partial charge is 0.497 e. The third-order valence-corrected chi connectivity index (χ3v) is 2.81. The molecule has 0 spiro atoms. The summed E-state index contributed by atoms with van der Waals surface area (Å²) >= 11 is 0. The quantitative estimate of drug-likeness (QED) is 0.660. The zero-order valence-corrected chi connectivity index (χ0v) is 11.0. The molecule has 0 aliphatic rings. The van der Waals surface area contributed by atoms with Crippen molar-refractivity contribution in [2.75, 3.05) is 18.2 Å². The van der Waals surface area contributed by atoms with Crippen LogP contribution in [0.4, 0.5) is 34.6 Å². The summed E-state index contributed by atoms with van der Waals surface area (Å²) in [4.78, 5) is 0. The molecule has 7 heteroatoms. The van der Waals surface area contributed by atoms with Crippen LogP contribution >= 0.6 is 0 Å². The van der Waals surface area contributed by atoms with Gasteiger partial charge in [0.1, 0.15) is 11.6 Å². The first-order valence-corrected chi connectivity index (χ1v) is 5.88. The highest BCUT2D eigenvalue weighted by Gasteiger charge is 2.34. The maximum Gasteiger partial charge on any atom is 0.419 e. The summed E-state index contributed by atoms with van der Waals surface area (Å²) in [5.74, 6) is -0.802. The third kappa shape index (κ3) is 3.36. The molecule has 0 aliphatic carbocycles. The molecular formula is C14H12F4N2O. The number of nitrogens with one attached hydrogen (secondary N) is 1. The fourth-order valence-corrected chi connectivity index (χ4v) is 1.76. The monoisotopic (exact) mass is 300 g/mol. The summed E-state index contributed by atoms with van der Waals surface area (Å²) < 4.78 is 56.1. The van der Waals surface area contributed by atoms with Crippen molar-refractivity contribution in [3.05, 3.63) is 47.8 Å². The highest BCUT2D eigenvalue weighted by molar-refractivity contribution is 5.74. The average molecular weight is 300 g/mol. The Balaban J connectivity index is 2.32. The van der Waals surface area contributed by atoms with E-state index in [1.807, 2.05) is 0 Å². The number of benzene rings is 2. The molecule has 0 saturated heterocycles. The lowest BCUT2D eigenvalue weighted by Crippen LogP contribution is -2.08. The number of halogens is 4. The van der Waals surface area contributed by atoms with Crippen molar-refractivity contribution in [3.63, 3.8) is 0 Å². The Hall–Kier alpha value is -2.44. The predicted molar refractivity (Wildman–Crippen MR) is 72.1 cm³/mol. The summed E-state index contributed by atoms with van der Waals surface area (Å²) in [5, 5.41) is 2.72. The van der Waals surface area contributed by atoms with Gasteiger partial charge in [-0.2, -0.15) is 13.2 Å². The van der Waals surface area contributed by atoms with Crippen LogP contribution in [0.2, 0.25) is 0 Å². The SMILES string of the molecule is COc1ccc(Nc2ccc(F)c(C(F)(F)F)c2)c(N)c1. The molecule has 0 atom stereocenters. The first kappa shape index (κ1) is 15.0. The minimum absolute atomic E-state index is 0.0839. The Kier molecular flexibility index (Phi) is 3.93. The predicted octanol–water partition coefficient (Wildman–Crippen LogP) is 4.18. The van der Waals surface area contributed by atoms with Crippen LogP contribution in [0.1, 0.15) is 5.56 Å². The topological polar surface area (TPSA) is 47.3 Å². The minimum atomic E-state index is -4.76. The van der Waals surface area contributed by atoms with Crippen molar-refractivity contribution in [2.45, 2.75) is 6.18 Å². The number of ether oxygens (including phenoxy) is 1. The zero-order chi connectivity index (χ0) is 15.6. The Morgan fingerprint density at radius 3 is 2.38 bits per heavy atom. The molecule has 2 aromatic rings. The van der Waals surface area contributed by atoms with Gasteiger partial charge in [-0.05, 0) is 30.3 Å². The lowest BCUT2D eigenvalue weighted by molar-refractivity contribution is -0.139. The fourth-order valence-electron chi connectivity index (χ4n) is 1.76. The number of nitrogens with two attached hydrogens (primary N) is 1. The van der Waals surface area contributed by atoms with Crippen LogP contribution in [0.15, 0.2) is 36.4 Å². The Labute approximate surface area is 118 Å². The van der Waals surface area contributed by atoms with Gasteiger partial charge in [-0.15, -0.1) is 0 Å². The van der Waals surface area contributed by atoms with Crippen molar-refractivity contribution < 1.29 is 22.3 Å². The van der Waals surface area contributed by atoms with Crippen LogP contribution in [0, 0.1) is 5.82 Å². The average Bonchev–Trinajstić information content (AvgIpc) is 2.41. The molecular weight excluding hydrogens is 288 g/mol. The molecule has 0 bridgehead atoms. The van der Waals surface area contributed by atoms with Crippen molar-refractivity contribution in [2.24, 2.45) is 0 Å². The van der Waals surface area contributed by atoms with Gasteiger partial charge in [0.15, 0.2) is 0 Å². The molecule has 3 N–H and O–H groups in total. The van der Waals surface area contributed by atoms with E-state index in [4.69, 9.17) is 10.5 Å². The first-order valence-electron chi connectivity index (χ1n) is 5.88. The molecule has 21 heavy (non-hydrogen) atoms. The van der Waals surface area contributed by atoms with Gasteiger partial charge in [-0.3, -0.25) is 0 Å². The standard InChI is InChI=1S/C14H12F4N2O/c1-21-9-3-5-13(12(19)7-9)20-8-2-4-11(15)10(6-8)14(16,17)18/h2-7,20H,19H2,1H3. The molecule has 0 aromatic heterocycles. The first-order chi connectivity index (χ1) is 9.81. The van der Waals surface area contributed by atoms with E-state index in [1.54, 1.807) is 12.1 Å². The lowest BCUT2D eigenvalue weighted by atomic mass is 10.1. The molecule has 0 heterocycles. The van der Waals surface area contributed by atoms with Crippen molar-refractivity contribution in [3.8, 4) is 5.75 Å². The molecule has 0 radical (unpaired) electrons. The maximum atomic E-state index is 13.2. The number of alkyl halides is 3. The number of rotatable bonds is 3. The number of anilines is 3. The second-order valence-electron chi connectivity index (χ2n) is 4.27. The molecule has 0 saturated carbocycles. The second-order valence-corrected chi connectivity index (χ2v) is 4.27. The smallest absolute Gasteiger partial charge is 0.419 e. The molecule has 0 aliphatic heterocycles. The van der Waals surface area contributed by atoms with E-state index >= 15 is 0 Å². The van der Waals surface area contributed by atoms with Gasteiger partial charge in [-0.1, -0.05) is 0 Å². The van der Waals surface area contributed by atoms with Crippen LogP contribution < -0.4 is 15.8 Å². The summed E-state index contributed by atoms with van der Waals surface area (Å²) in [7, 11) is 1.47. The van der Waals surface area contributed by atoms with Gasteiger partial charge >= 0.3 is 6.18 Å². The van der Waals surface area contributed by atoms with Crippen molar-refractivity contribution >= 4 is 17.1 Å². The molecule has 112 valence electrons. The summed E-state index contributed by atoms with van der Waals surface area (Å²) in [6, 6.07) is 7.34. The minimum Gasteiger partial charge on any atom is -0.497 e. The highest BCUT2D eigenvalue weighted by Crippen LogP contribution is 2.34. The molecule has 2 rings (SSSR count). The zero-order valence-electron chi connectivity index (χ0n) is 11.0. The van der Waals surface area contributed by atoms with Gasteiger partial charge in [0.2, 0.25) is 0 Å². The molecule has 3 nitrogen and oxygen atoms in total. The van der Waals surface area contributed by atoms with Crippen LogP contribution in [0.3, 0.4) is 0 Å². The van der Waals surface area contributed by atoms with Gasteiger partial charge in [0, 0.05) is 11.8 Å². The summed E-state index contributed by atoms with van der Waals surface area (Å²) in [6.45, 7) is 0. The van der Waals surface area contributed by atoms with E-state index in [0.29, 0.717) is 23.2 Å². The van der Waals surface area contributed by atoms with E-state index < -0.39 is 17.6 Å². The molecule has 0 amide bonds. The van der Waals surface area contributed by atoms with Gasteiger partial charge in [0.05, 0.1) is 24.0 Å². The summed E-state index contributed by atoms with van der Waals surface area (Å²) in [5.41, 5.74) is 5.21. The molecule has 0 fully saturated rings. The maximum absolute atomic E-state index is 13.2. The summed E-state index contributed by atoms with van der Waals surface area (Å²) in [6.07, 6.45) is -4.76. The molecule has 2 aromatic carbocycles. The Morgan fingerprint density at radius 2 is 1.81 bits per heavy atom. The molecule has 0 unspecified atom stereocenters. The Bertz CT molecular complexity index is 656. The normalized spacial score (nSPS) is 11.3. The third-order valence-electron chi connectivity index (χ3n) is 2.81. The van der Waals surface area contributed by atoms with E-state index in [1.165, 1.54) is 19.2 Å².